The second-order valence-corrected chi connectivity index (χ2v) is 7.72. The van der Waals surface area contributed by atoms with Gasteiger partial charge in [-0.15, -0.1) is 0 Å². The van der Waals surface area contributed by atoms with Crippen LogP contribution in [0.1, 0.15) is 15.9 Å². The van der Waals surface area contributed by atoms with Crippen LogP contribution < -0.4 is 22.0 Å². The summed E-state index contributed by atoms with van der Waals surface area (Å²) in [6.45, 7) is 0.239. The zero-order chi connectivity index (χ0) is 22.8. The van der Waals surface area contributed by atoms with Crippen molar-refractivity contribution in [3.8, 4) is 0 Å². The van der Waals surface area contributed by atoms with Crippen molar-refractivity contribution >= 4 is 28.4 Å². The van der Waals surface area contributed by atoms with Gasteiger partial charge >= 0.3 is 5.69 Å². The number of fused-ring (bicyclic) bond motifs is 1. The van der Waals surface area contributed by atoms with E-state index >= 15 is 0 Å². The number of aromatic nitrogens is 2. The predicted octanol–water partition coefficient (Wildman–Crippen LogP) is 1.74. The molecule has 2 heterocycles. The number of hydrogen-bond acceptors (Lipinski definition) is 6. The minimum absolute atomic E-state index is 0.0601. The molecule has 0 bridgehead atoms. The molecule has 0 fully saturated rings. The average molecular weight is 454 g/mol. The topological polar surface area (TPSA) is 109 Å². The molecule has 1 aliphatic heterocycles. The summed E-state index contributed by atoms with van der Waals surface area (Å²) in [5, 5.41) is 13.7. The lowest BCUT2D eigenvalue weighted by Crippen LogP contribution is -2.39. The fourth-order valence-corrected chi connectivity index (χ4v) is 3.67. The first-order valence-electron chi connectivity index (χ1n) is 9.71. The number of halogens is 1. The highest BCUT2D eigenvalue weighted by Crippen LogP contribution is 2.14. The molecule has 1 amide bonds. The number of carbonyl (C=O) groups excluding carboxylic acids is 1. The van der Waals surface area contributed by atoms with E-state index in [0.717, 1.165) is 9.74 Å². The van der Waals surface area contributed by atoms with E-state index < -0.39 is 11.2 Å². The van der Waals surface area contributed by atoms with Crippen LogP contribution in [-0.2, 0) is 13.6 Å². The molecule has 32 heavy (non-hydrogen) atoms. The largest absolute Gasteiger partial charge is 0.348 e. The Labute approximate surface area is 187 Å². The van der Waals surface area contributed by atoms with Crippen LogP contribution in [0.2, 0.25) is 5.02 Å². The summed E-state index contributed by atoms with van der Waals surface area (Å²) < 4.78 is 2.50. The van der Waals surface area contributed by atoms with Gasteiger partial charge in [-0.05, 0) is 47.5 Å². The highest BCUT2D eigenvalue weighted by Gasteiger charge is 2.15. The van der Waals surface area contributed by atoms with Crippen molar-refractivity contribution in [2.24, 2.45) is 7.05 Å². The Morgan fingerprint density at radius 3 is 2.75 bits per heavy atom. The fourth-order valence-electron chi connectivity index (χ4n) is 3.46. The molecule has 4 rings (SSSR count). The highest BCUT2D eigenvalue weighted by molar-refractivity contribution is 6.30. The standard InChI is InChI=1S/C22H20ClN5O4/c1-26-19-6-5-16(20(29)24-11-15-7-8-25-28(32)13-15)10-18(19)21(30)27(22(26)31)12-14-3-2-4-17(23)9-14/h2-10,13,25,32H,11-12H2,1H3,(H,24,29). The fraction of sp³-hybridized carbons (Fsp3) is 0.136. The van der Waals surface area contributed by atoms with Gasteiger partial charge in [-0.2, -0.15) is 5.17 Å². The van der Waals surface area contributed by atoms with Crippen molar-refractivity contribution in [1.82, 2.24) is 25.0 Å². The van der Waals surface area contributed by atoms with Crippen LogP contribution in [0.4, 0.5) is 0 Å². The smallest absolute Gasteiger partial charge is 0.331 e. The van der Waals surface area contributed by atoms with Gasteiger partial charge in [0.25, 0.3) is 11.5 Å². The Morgan fingerprint density at radius 1 is 1.19 bits per heavy atom. The van der Waals surface area contributed by atoms with Crippen LogP contribution in [0.5, 0.6) is 0 Å². The molecule has 0 spiro atoms. The molecular formula is C22H20ClN5O4. The molecule has 9 nitrogen and oxygen atoms in total. The number of nitrogens with one attached hydrogen (secondary N) is 2. The Balaban J connectivity index is 1.67. The quantitative estimate of drug-likeness (QED) is 0.543. The number of benzene rings is 2. The molecule has 0 aliphatic carbocycles. The van der Waals surface area contributed by atoms with E-state index in [4.69, 9.17) is 11.6 Å². The summed E-state index contributed by atoms with van der Waals surface area (Å²) in [7, 11) is 1.58. The predicted molar refractivity (Wildman–Crippen MR) is 120 cm³/mol. The monoisotopic (exact) mass is 453 g/mol. The summed E-state index contributed by atoms with van der Waals surface area (Å²) in [6, 6.07) is 11.6. The first-order chi connectivity index (χ1) is 15.3. The van der Waals surface area contributed by atoms with E-state index in [9.17, 15) is 19.6 Å². The Kier molecular flexibility index (Phi) is 5.85. The Hall–Kier alpha value is -3.82. The van der Waals surface area contributed by atoms with E-state index in [2.05, 4.69) is 10.7 Å². The lowest BCUT2D eigenvalue weighted by atomic mass is 10.1. The second kappa shape index (κ2) is 8.74. The van der Waals surface area contributed by atoms with Gasteiger partial charge in [0.05, 0.1) is 23.6 Å². The lowest BCUT2D eigenvalue weighted by Gasteiger charge is -2.17. The van der Waals surface area contributed by atoms with Crippen LogP contribution in [0.25, 0.3) is 10.9 Å². The van der Waals surface area contributed by atoms with Gasteiger partial charge in [0.1, 0.15) is 0 Å². The number of rotatable bonds is 5. The van der Waals surface area contributed by atoms with Gasteiger partial charge in [-0.1, -0.05) is 23.7 Å². The van der Waals surface area contributed by atoms with Gasteiger partial charge < -0.3 is 5.32 Å². The molecule has 0 unspecified atom stereocenters. The van der Waals surface area contributed by atoms with Gasteiger partial charge in [-0.3, -0.25) is 29.4 Å². The summed E-state index contributed by atoms with van der Waals surface area (Å²) in [4.78, 5) is 38.6. The number of carbonyl (C=O) groups is 1. The van der Waals surface area contributed by atoms with Crippen molar-refractivity contribution < 1.29 is 10.0 Å². The zero-order valence-electron chi connectivity index (χ0n) is 17.1. The second-order valence-electron chi connectivity index (χ2n) is 7.29. The van der Waals surface area contributed by atoms with Crippen LogP contribution >= 0.6 is 11.6 Å². The molecule has 3 aromatic rings. The van der Waals surface area contributed by atoms with Crippen molar-refractivity contribution in [2.75, 3.05) is 6.54 Å². The van der Waals surface area contributed by atoms with E-state index in [0.29, 0.717) is 21.7 Å². The van der Waals surface area contributed by atoms with E-state index in [1.54, 1.807) is 49.5 Å². The number of hydrogen-bond donors (Lipinski definition) is 3. The van der Waals surface area contributed by atoms with Crippen molar-refractivity contribution in [3.05, 3.63) is 104 Å². The summed E-state index contributed by atoms with van der Waals surface area (Å²) in [5.41, 5.74) is 3.69. The molecule has 1 aromatic heterocycles. The maximum Gasteiger partial charge on any atom is 0.331 e. The zero-order valence-corrected chi connectivity index (χ0v) is 17.8. The summed E-state index contributed by atoms with van der Waals surface area (Å²) in [6.07, 6.45) is 4.66. The van der Waals surface area contributed by atoms with Gasteiger partial charge in [0.15, 0.2) is 0 Å². The van der Waals surface area contributed by atoms with E-state index in [-0.39, 0.29) is 29.9 Å². The highest BCUT2D eigenvalue weighted by atomic mass is 35.5. The lowest BCUT2D eigenvalue weighted by molar-refractivity contribution is -0.0768. The number of amides is 1. The summed E-state index contributed by atoms with van der Waals surface area (Å²) in [5.74, 6) is -0.390. The van der Waals surface area contributed by atoms with E-state index in [1.807, 2.05) is 0 Å². The van der Waals surface area contributed by atoms with E-state index in [1.165, 1.54) is 23.0 Å². The molecule has 164 valence electrons. The molecular weight excluding hydrogens is 434 g/mol. The normalized spacial score (nSPS) is 13.1. The third-order valence-corrected chi connectivity index (χ3v) is 5.32. The molecule has 0 saturated heterocycles. The van der Waals surface area contributed by atoms with Crippen LogP contribution in [0.15, 0.2) is 76.1 Å². The van der Waals surface area contributed by atoms with Crippen LogP contribution in [0, 0.1) is 0 Å². The van der Waals surface area contributed by atoms with Crippen molar-refractivity contribution in [3.63, 3.8) is 0 Å². The molecule has 0 saturated carbocycles. The molecule has 0 atom stereocenters. The average Bonchev–Trinajstić information content (AvgIpc) is 2.78. The van der Waals surface area contributed by atoms with Gasteiger partial charge in [0.2, 0.25) is 0 Å². The molecule has 0 radical (unpaired) electrons. The van der Waals surface area contributed by atoms with Crippen LogP contribution in [0.3, 0.4) is 0 Å². The molecule has 3 N–H and O–H groups in total. The SMILES string of the molecule is Cn1c(=O)n(Cc2cccc(Cl)c2)c(=O)c2cc(C(=O)NCC3=CN(O)NC=C3)ccc21. The van der Waals surface area contributed by atoms with Crippen molar-refractivity contribution in [2.45, 2.75) is 6.54 Å². The first kappa shape index (κ1) is 21.4. The number of aryl methyl sites for hydroxylation is 1. The maximum absolute atomic E-state index is 13.1. The third kappa shape index (κ3) is 4.29. The third-order valence-electron chi connectivity index (χ3n) is 5.09. The number of nitrogens with zero attached hydrogens (tertiary/aromatic N) is 3. The molecule has 2 aromatic carbocycles. The van der Waals surface area contributed by atoms with Crippen LogP contribution in [-0.4, -0.2) is 32.0 Å². The number of hydrazine groups is 1. The molecule has 1 aliphatic rings. The van der Waals surface area contributed by atoms with Gasteiger partial charge in [-0.25, -0.2) is 4.79 Å². The minimum Gasteiger partial charge on any atom is -0.348 e. The Bertz CT molecular complexity index is 1390. The summed E-state index contributed by atoms with van der Waals surface area (Å²) >= 11 is 6.02. The first-order valence-corrected chi connectivity index (χ1v) is 10.1. The Morgan fingerprint density at radius 2 is 2.00 bits per heavy atom. The maximum atomic E-state index is 13.1. The minimum atomic E-state index is -0.488. The van der Waals surface area contributed by atoms with Gasteiger partial charge in [0, 0.05) is 30.4 Å². The molecule has 10 heteroatoms. The number of hydroxylamine groups is 1. The van der Waals surface area contributed by atoms with Crippen molar-refractivity contribution in [1.29, 1.82) is 0 Å².